The molecule has 33 heavy (non-hydrogen) atoms. The Morgan fingerprint density at radius 2 is 1.85 bits per heavy atom. The number of alkyl halides is 3. The fourth-order valence-corrected chi connectivity index (χ4v) is 4.52. The standard InChI is InChI=1S/C22H17F4N5O2/c23-12-2-4-14(20-27-6-1-7-28-20)15(8-12)21(32)31-13-3-5-16(31)17(9-13)33-19-11-29-18(10-30-19)22(24,25)26/h1-2,4,6-8,10-11,13,16-17H,3,5,9H2. The lowest BCUT2D eigenvalue weighted by Crippen LogP contribution is -2.39. The van der Waals surface area contributed by atoms with Crippen LogP contribution in [-0.2, 0) is 6.18 Å². The summed E-state index contributed by atoms with van der Waals surface area (Å²) in [4.78, 5) is 30.6. The van der Waals surface area contributed by atoms with Gasteiger partial charge >= 0.3 is 6.18 Å². The van der Waals surface area contributed by atoms with Crippen LogP contribution < -0.4 is 4.74 Å². The Morgan fingerprint density at radius 1 is 1.06 bits per heavy atom. The smallest absolute Gasteiger partial charge is 0.434 e. The third kappa shape index (κ3) is 3.98. The number of hydrogen-bond donors (Lipinski definition) is 0. The fourth-order valence-electron chi connectivity index (χ4n) is 4.52. The van der Waals surface area contributed by atoms with E-state index in [1.807, 2.05) is 0 Å². The molecule has 1 amide bonds. The summed E-state index contributed by atoms with van der Waals surface area (Å²) in [5.74, 6) is -0.663. The molecule has 3 aromatic rings. The van der Waals surface area contributed by atoms with E-state index in [0.717, 1.165) is 12.6 Å². The largest absolute Gasteiger partial charge is 0.471 e. The third-order valence-corrected chi connectivity index (χ3v) is 5.92. The molecule has 0 saturated carbocycles. The summed E-state index contributed by atoms with van der Waals surface area (Å²) in [6.07, 6.45) is 1.47. The Kier molecular flexibility index (Phi) is 5.18. The number of benzene rings is 1. The molecular weight excluding hydrogens is 442 g/mol. The monoisotopic (exact) mass is 459 g/mol. The highest BCUT2D eigenvalue weighted by molar-refractivity contribution is 6.00. The first-order valence-corrected chi connectivity index (χ1v) is 10.3. The van der Waals surface area contributed by atoms with Crippen molar-refractivity contribution in [3.8, 4) is 17.3 Å². The number of hydrogen-bond acceptors (Lipinski definition) is 6. The molecule has 170 valence electrons. The lowest BCUT2D eigenvalue weighted by molar-refractivity contribution is -0.141. The first kappa shape index (κ1) is 21.2. The normalized spacial score (nSPS) is 21.9. The lowest BCUT2D eigenvalue weighted by Gasteiger charge is -2.25. The van der Waals surface area contributed by atoms with Gasteiger partial charge < -0.3 is 9.64 Å². The van der Waals surface area contributed by atoms with Gasteiger partial charge in [-0.15, -0.1) is 0 Å². The summed E-state index contributed by atoms with van der Waals surface area (Å²) >= 11 is 0. The molecule has 7 nitrogen and oxygen atoms in total. The fraction of sp³-hybridized carbons (Fsp3) is 0.318. The summed E-state index contributed by atoms with van der Waals surface area (Å²) in [5.41, 5.74) is -0.547. The summed E-state index contributed by atoms with van der Waals surface area (Å²) in [6.45, 7) is 0. The van der Waals surface area contributed by atoms with Gasteiger partial charge in [-0.05, 0) is 37.1 Å². The second-order valence-corrected chi connectivity index (χ2v) is 7.90. The Morgan fingerprint density at radius 3 is 2.55 bits per heavy atom. The molecule has 2 fully saturated rings. The molecule has 0 N–H and O–H groups in total. The minimum atomic E-state index is -4.59. The highest BCUT2D eigenvalue weighted by Crippen LogP contribution is 2.41. The predicted molar refractivity (Wildman–Crippen MR) is 106 cm³/mol. The van der Waals surface area contributed by atoms with Crippen molar-refractivity contribution in [3.05, 3.63) is 66.1 Å². The van der Waals surface area contributed by atoms with Gasteiger partial charge in [0.2, 0.25) is 5.88 Å². The average molecular weight is 459 g/mol. The third-order valence-electron chi connectivity index (χ3n) is 5.92. The molecular formula is C22H17F4N5O2. The highest BCUT2D eigenvalue weighted by atomic mass is 19.4. The average Bonchev–Trinajstić information content (AvgIpc) is 3.36. The molecule has 2 aliphatic rings. The van der Waals surface area contributed by atoms with Crippen LogP contribution in [-0.4, -0.2) is 48.9 Å². The van der Waals surface area contributed by atoms with Crippen LogP contribution in [0.25, 0.3) is 11.4 Å². The van der Waals surface area contributed by atoms with Gasteiger partial charge in [-0.1, -0.05) is 0 Å². The van der Waals surface area contributed by atoms with Gasteiger partial charge in [0.15, 0.2) is 11.5 Å². The van der Waals surface area contributed by atoms with Crippen LogP contribution in [0.2, 0.25) is 0 Å². The van der Waals surface area contributed by atoms with E-state index in [0.29, 0.717) is 30.4 Å². The molecule has 2 bridgehead atoms. The SMILES string of the molecule is O=C(c1cc(F)ccc1-c1ncccn1)N1C2CCC1C(Oc1cnc(C(F)(F)F)cn1)C2. The number of halogens is 4. The number of rotatable bonds is 4. The van der Waals surface area contributed by atoms with Gasteiger partial charge in [0.25, 0.3) is 5.91 Å². The molecule has 3 unspecified atom stereocenters. The van der Waals surface area contributed by atoms with Crippen molar-refractivity contribution in [2.45, 2.75) is 43.6 Å². The zero-order chi connectivity index (χ0) is 23.2. The van der Waals surface area contributed by atoms with E-state index in [-0.39, 0.29) is 29.4 Å². The van der Waals surface area contributed by atoms with Gasteiger partial charge in [0, 0.05) is 30.4 Å². The lowest BCUT2D eigenvalue weighted by atomic mass is 9.98. The zero-order valence-corrected chi connectivity index (χ0v) is 17.0. The number of fused-ring (bicyclic) bond motifs is 2. The van der Waals surface area contributed by atoms with E-state index >= 15 is 0 Å². The Bertz CT molecular complexity index is 1170. The molecule has 2 saturated heterocycles. The second-order valence-electron chi connectivity index (χ2n) is 7.90. The molecule has 2 aromatic heterocycles. The van der Waals surface area contributed by atoms with Crippen molar-refractivity contribution < 1.29 is 27.1 Å². The minimum absolute atomic E-state index is 0.0444. The molecule has 4 heterocycles. The summed E-state index contributed by atoms with van der Waals surface area (Å²) < 4.78 is 58.0. The minimum Gasteiger partial charge on any atom is -0.471 e. The molecule has 0 aliphatic carbocycles. The van der Waals surface area contributed by atoms with Crippen molar-refractivity contribution in [2.75, 3.05) is 0 Å². The molecule has 1 aromatic carbocycles. The van der Waals surface area contributed by atoms with Gasteiger partial charge in [-0.25, -0.2) is 24.3 Å². The van der Waals surface area contributed by atoms with E-state index in [1.165, 1.54) is 30.6 Å². The first-order chi connectivity index (χ1) is 15.8. The van der Waals surface area contributed by atoms with Gasteiger partial charge in [0.05, 0.1) is 24.0 Å². The quantitative estimate of drug-likeness (QED) is 0.551. The van der Waals surface area contributed by atoms with Crippen molar-refractivity contribution >= 4 is 5.91 Å². The molecule has 0 radical (unpaired) electrons. The van der Waals surface area contributed by atoms with Gasteiger partial charge in [0.1, 0.15) is 11.9 Å². The second kappa shape index (κ2) is 8.05. The first-order valence-electron chi connectivity index (χ1n) is 10.3. The molecule has 2 aliphatic heterocycles. The maximum atomic E-state index is 14.1. The molecule has 3 atom stereocenters. The van der Waals surface area contributed by atoms with Crippen LogP contribution in [0.5, 0.6) is 5.88 Å². The highest BCUT2D eigenvalue weighted by Gasteiger charge is 2.50. The van der Waals surface area contributed by atoms with Crippen molar-refractivity contribution in [1.82, 2.24) is 24.8 Å². The Balaban J connectivity index is 1.39. The topological polar surface area (TPSA) is 81.1 Å². The van der Waals surface area contributed by atoms with Gasteiger partial charge in [-0.3, -0.25) is 4.79 Å². The summed E-state index contributed by atoms with van der Waals surface area (Å²) in [5, 5.41) is 0. The summed E-state index contributed by atoms with van der Waals surface area (Å²) in [7, 11) is 0. The van der Waals surface area contributed by atoms with E-state index in [2.05, 4.69) is 19.9 Å². The van der Waals surface area contributed by atoms with E-state index in [4.69, 9.17) is 4.74 Å². The van der Waals surface area contributed by atoms with Crippen LogP contribution in [0.4, 0.5) is 17.6 Å². The molecule has 5 rings (SSSR count). The maximum absolute atomic E-state index is 14.1. The van der Waals surface area contributed by atoms with Crippen LogP contribution >= 0.6 is 0 Å². The van der Waals surface area contributed by atoms with Crippen molar-refractivity contribution in [2.24, 2.45) is 0 Å². The van der Waals surface area contributed by atoms with Crippen molar-refractivity contribution in [3.63, 3.8) is 0 Å². The van der Waals surface area contributed by atoms with Crippen LogP contribution in [0, 0.1) is 5.82 Å². The molecule has 11 heteroatoms. The Hall–Kier alpha value is -3.63. The van der Waals surface area contributed by atoms with Crippen LogP contribution in [0.15, 0.2) is 49.1 Å². The number of ether oxygens (including phenoxy) is 1. The number of carbonyl (C=O) groups excluding carboxylic acids is 1. The van der Waals surface area contributed by atoms with Gasteiger partial charge in [-0.2, -0.15) is 13.2 Å². The Labute approximate surface area is 185 Å². The van der Waals surface area contributed by atoms with Crippen molar-refractivity contribution in [1.29, 1.82) is 0 Å². The van der Waals surface area contributed by atoms with E-state index in [9.17, 15) is 22.4 Å². The number of nitrogens with zero attached hydrogens (tertiary/aromatic N) is 5. The maximum Gasteiger partial charge on any atom is 0.434 e. The molecule has 0 spiro atoms. The summed E-state index contributed by atoms with van der Waals surface area (Å²) in [6, 6.07) is 5.07. The van der Waals surface area contributed by atoms with Crippen LogP contribution in [0.3, 0.4) is 0 Å². The number of carbonyl (C=O) groups is 1. The predicted octanol–water partition coefficient (Wildman–Crippen LogP) is 3.92. The zero-order valence-electron chi connectivity index (χ0n) is 17.0. The number of amides is 1. The van der Waals surface area contributed by atoms with Crippen LogP contribution in [0.1, 0.15) is 35.3 Å². The van der Waals surface area contributed by atoms with E-state index in [1.54, 1.807) is 11.0 Å². The van der Waals surface area contributed by atoms with E-state index < -0.39 is 23.8 Å². The number of aromatic nitrogens is 4.